The second-order valence-electron chi connectivity index (χ2n) is 7.64. The Kier molecular flexibility index (Phi) is 5.07. The minimum atomic E-state index is -1.83. The van der Waals surface area contributed by atoms with Crippen LogP contribution in [0, 0.1) is 10.5 Å². The first-order chi connectivity index (χ1) is 15.7. The van der Waals surface area contributed by atoms with Crippen molar-refractivity contribution in [2.45, 2.75) is 12.6 Å². The molecule has 1 aromatic heterocycles. The van der Waals surface area contributed by atoms with Gasteiger partial charge >= 0.3 is 6.09 Å². The number of amides is 2. The molecule has 4 aromatic rings. The molecule has 1 aliphatic heterocycles. The van der Waals surface area contributed by atoms with Crippen LogP contribution in [0.5, 0.6) is 0 Å². The fraction of sp³-hybridized carbons (Fsp3) is 0.0870. The molecule has 8 nitrogen and oxygen atoms in total. The number of hydrogen-bond acceptors (Lipinski definition) is 4. The zero-order valence-corrected chi connectivity index (χ0v) is 20.0. The number of H-pyrrole nitrogens is 1. The summed E-state index contributed by atoms with van der Waals surface area (Å²) >= 11 is 8.47. The van der Waals surface area contributed by atoms with Crippen LogP contribution in [0.3, 0.4) is 0 Å². The largest absolute Gasteiger partial charge is 0.465 e. The number of anilines is 2. The van der Waals surface area contributed by atoms with Crippen LogP contribution in [-0.2, 0) is 5.72 Å². The number of aliphatic hydroxyl groups is 1. The van der Waals surface area contributed by atoms with Gasteiger partial charge in [0.1, 0.15) is 0 Å². The van der Waals surface area contributed by atoms with E-state index in [-0.39, 0.29) is 11.9 Å². The Morgan fingerprint density at radius 2 is 1.97 bits per heavy atom. The molecule has 0 fully saturated rings. The van der Waals surface area contributed by atoms with Gasteiger partial charge in [-0.25, -0.2) is 9.78 Å². The number of benzene rings is 3. The maximum atomic E-state index is 13.6. The molecule has 0 spiro atoms. The van der Waals surface area contributed by atoms with Crippen molar-refractivity contribution in [2.24, 2.45) is 0 Å². The Labute approximate surface area is 206 Å². The second kappa shape index (κ2) is 7.72. The van der Waals surface area contributed by atoms with Gasteiger partial charge in [-0.05, 0) is 65.4 Å². The minimum absolute atomic E-state index is 0.0571. The van der Waals surface area contributed by atoms with E-state index in [1.807, 2.05) is 6.92 Å². The SMILES string of the molecule is Cc1c(I)cc(Cl)cc1N1C(=O)c2ccccc2C1(O)c1ccc2[nH]c(NC(=O)O)nc2c1. The van der Waals surface area contributed by atoms with Crippen molar-refractivity contribution < 1.29 is 19.8 Å². The number of nitrogens with one attached hydrogen (secondary N) is 2. The molecule has 5 rings (SSSR count). The highest BCUT2D eigenvalue weighted by molar-refractivity contribution is 14.1. The maximum Gasteiger partial charge on any atom is 0.411 e. The zero-order valence-electron chi connectivity index (χ0n) is 17.1. The predicted octanol–water partition coefficient (Wildman–Crippen LogP) is 5.07. The van der Waals surface area contributed by atoms with Gasteiger partial charge in [0.15, 0.2) is 5.72 Å². The number of aromatic nitrogens is 2. The van der Waals surface area contributed by atoms with Gasteiger partial charge in [0.2, 0.25) is 5.95 Å². The molecule has 1 aliphatic rings. The van der Waals surface area contributed by atoms with Crippen LogP contribution in [-0.4, -0.2) is 32.2 Å². The maximum absolute atomic E-state index is 13.6. The summed E-state index contributed by atoms with van der Waals surface area (Å²) in [4.78, 5) is 33.0. The van der Waals surface area contributed by atoms with Crippen molar-refractivity contribution in [3.63, 3.8) is 0 Å². The number of rotatable bonds is 3. The van der Waals surface area contributed by atoms with Gasteiger partial charge in [-0.1, -0.05) is 35.9 Å². The first-order valence-electron chi connectivity index (χ1n) is 9.82. The van der Waals surface area contributed by atoms with E-state index < -0.39 is 11.8 Å². The number of hydrogen-bond donors (Lipinski definition) is 4. The third kappa shape index (κ3) is 3.35. The number of imidazole rings is 1. The van der Waals surface area contributed by atoms with Gasteiger partial charge in [-0.15, -0.1) is 0 Å². The summed E-state index contributed by atoms with van der Waals surface area (Å²) in [7, 11) is 0. The van der Waals surface area contributed by atoms with Gasteiger partial charge in [0, 0.05) is 25.3 Å². The van der Waals surface area contributed by atoms with E-state index in [1.165, 1.54) is 4.90 Å². The quantitative estimate of drug-likeness (QED) is 0.255. The smallest absolute Gasteiger partial charge is 0.411 e. The number of carboxylic acid groups (broad SMARTS) is 1. The first kappa shape index (κ1) is 21.7. The Morgan fingerprint density at radius 3 is 2.73 bits per heavy atom. The minimum Gasteiger partial charge on any atom is -0.465 e. The normalized spacial score (nSPS) is 17.5. The molecule has 2 heterocycles. The Bertz CT molecular complexity index is 1470. The number of carbonyl (C=O) groups excluding carboxylic acids is 1. The fourth-order valence-corrected chi connectivity index (χ4v) is 5.19. The van der Waals surface area contributed by atoms with Crippen LogP contribution >= 0.6 is 34.2 Å². The molecule has 0 aliphatic carbocycles. The summed E-state index contributed by atoms with van der Waals surface area (Å²) in [6.45, 7) is 1.87. The number of fused-ring (bicyclic) bond motifs is 2. The summed E-state index contributed by atoms with van der Waals surface area (Å²) in [5.74, 6) is -0.300. The van der Waals surface area contributed by atoms with Crippen LogP contribution in [0.2, 0.25) is 5.02 Å². The van der Waals surface area contributed by atoms with E-state index >= 15 is 0 Å². The number of aromatic amines is 1. The van der Waals surface area contributed by atoms with E-state index in [0.29, 0.717) is 38.4 Å². The molecule has 0 bridgehead atoms. The van der Waals surface area contributed by atoms with Gasteiger partial charge in [0.05, 0.1) is 16.7 Å². The lowest BCUT2D eigenvalue weighted by atomic mass is 9.93. The first-order valence-corrected chi connectivity index (χ1v) is 11.3. The van der Waals surface area contributed by atoms with Crippen LogP contribution < -0.4 is 10.2 Å². The summed E-state index contributed by atoms with van der Waals surface area (Å²) in [6.07, 6.45) is -1.25. The highest BCUT2D eigenvalue weighted by Crippen LogP contribution is 2.47. The molecule has 4 N–H and O–H groups in total. The zero-order chi connectivity index (χ0) is 23.5. The van der Waals surface area contributed by atoms with E-state index in [2.05, 4.69) is 37.9 Å². The van der Waals surface area contributed by atoms with E-state index in [1.54, 1.807) is 54.6 Å². The number of carbonyl (C=O) groups is 2. The third-order valence-electron chi connectivity index (χ3n) is 5.69. The lowest BCUT2D eigenvalue weighted by Crippen LogP contribution is -2.45. The summed E-state index contributed by atoms with van der Waals surface area (Å²) in [5, 5.41) is 23.8. The van der Waals surface area contributed by atoms with Crippen molar-refractivity contribution in [3.05, 3.63) is 85.4 Å². The van der Waals surface area contributed by atoms with E-state index in [0.717, 1.165) is 9.13 Å². The summed E-state index contributed by atoms with van der Waals surface area (Å²) in [5.41, 5.74) is 1.67. The lowest BCUT2D eigenvalue weighted by Gasteiger charge is -2.36. The number of halogens is 2. The summed E-state index contributed by atoms with van der Waals surface area (Å²) in [6, 6.07) is 15.3. The molecule has 10 heteroatoms. The van der Waals surface area contributed by atoms with Crippen molar-refractivity contribution in [1.82, 2.24) is 9.97 Å². The molecule has 1 atom stereocenters. The topological polar surface area (TPSA) is 119 Å². The van der Waals surface area contributed by atoms with Crippen molar-refractivity contribution in [2.75, 3.05) is 10.2 Å². The lowest BCUT2D eigenvalue weighted by molar-refractivity contribution is 0.0703. The summed E-state index contributed by atoms with van der Waals surface area (Å²) < 4.78 is 0.855. The van der Waals surface area contributed by atoms with Gasteiger partial charge < -0.3 is 15.2 Å². The number of nitrogens with zero attached hydrogens (tertiary/aromatic N) is 2. The van der Waals surface area contributed by atoms with Gasteiger partial charge in [0.25, 0.3) is 5.91 Å². The van der Waals surface area contributed by atoms with Crippen LogP contribution in [0.25, 0.3) is 11.0 Å². The molecule has 0 radical (unpaired) electrons. The van der Waals surface area contributed by atoms with Gasteiger partial charge in [-0.2, -0.15) is 0 Å². The van der Waals surface area contributed by atoms with Crippen molar-refractivity contribution in [1.29, 1.82) is 0 Å². The highest BCUT2D eigenvalue weighted by atomic mass is 127. The standard InChI is InChI=1S/C23H16ClIN4O4/c1-11-16(25)9-13(24)10-19(11)29-20(30)14-4-2-3-5-15(14)23(29,33)12-6-7-17-18(8-12)27-21(26-17)28-22(31)32/h2-10,33H,1H3,(H,31,32)(H2,26,27,28). The molecule has 2 amide bonds. The van der Waals surface area contributed by atoms with Crippen molar-refractivity contribution >= 4 is 68.9 Å². The molecule has 33 heavy (non-hydrogen) atoms. The Hall–Kier alpha value is -3.15. The third-order valence-corrected chi connectivity index (χ3v) is 7.03. The van der Waals surface area contributed by atoms with Crippen LogP contribution in [0.4, 0.5) is 16.4 Å². The molecule has 0 saturated carbocycles. The van der Waals surface area contributed by atoms with Gasteiger partial charge in [-0.3, -0.25) is 15.0 Å². The van der Waals surface area contributed by atoms with E-state index in [4.69, 9.17) is 16.7 Å². The van der Waals surface area contributed by atoms with E-state index in [9.17, 15) is 14.7 Å². The second-order valence-corrected chi connectivity index (χ2v) is 9.24. The van der Waals surface area contributed by atoms with Crippen molar-refractivity contribution in [3.8, 4) is 0 Å². The Morgan fingerprint density at radius 1 is 1.21 bits per heavy atom. The molecule has 1 unspecified atom stereocenters. The molecule has 0 saturated heterocycles. The molecular weight excluding hydrogens is 559 g/mol. The molecule has 166 valence electrons. The highest BCUT2D eigenvalue weighted by Gasteiger charge is 2.51. The monoisotopic (exact) mass is 574 g/mol. The fourth-order valence-electron chi connectivity index (χ4n) is 4.18. The van der Waals surface area contributed by atoms with Crippen LogP contribution in [0.1, 0.15) is 27.0 Å². The molecular formula is C23H16ClIN4O4. The van der Waals surface area contributed by atoms with Crippen LogP contribution in [0.15, 0.2) is 54.6 Å². The average Bonchev–Trinajstić information content (AvgIpc) is 3.26. The molecule has 3 aromatic carbocycles. The average molecular weight is 575 g/mol. The Balaban J connectivity index is 1.75. The predicted molar refractivity (Wildman–Crippen MR) is 133 cm³/mol.